The van der Waals surface area contributed by atoms with Crippen molar-refractivity contribution in [1.29, 1.82) is 0 Å². The van der Waals surface area contributed by atoms with Crippen molar-refractivity contribution < 1.29 is 13.2 Å². The Hall–Kier alpha value is -2.38. The number of aryl methyl sites for hydroxylation is 1. The molecule has 0 aromatic heterocycles. The van der Waals surface area contributed by atoms with E-state index in [2.05, 4.69) is 47.7 Å². The van der Waals surface area contributed by atoms with Crippen LogP contribution >= 0.6 is 0 Å². The first-order chi connectivity index (χ1) is 15.8. The predicted octanol–water partition coefficient (Wildman–Crippen LogP) is 3.82. The lowest BCUT2D eigenvalue weighted by Gasteiger charge is -2.43. The van der Waals surface area contributed by atoms with E-state index in [4.69, 9.17) is 0 Å². The first kappa shape index (κ1) is 23.8. The maximum Gasteiger partial charge on any atom is 0.240 e. The standard InChI is InChI=1S/C26H35N3O3S/c1-20-7-6-8-24(17-20)29-16-15-28(19-21(29)2)26(30)23-13-11-22(12-14-23)18-27-33(31,32)25-9-4-3-5-10-25/h3-10,17,21-23,27H,11-16,18-19H2,1-2H3. The van der Waals surface area contributed by atoms with Gasteiger partial charge in [-0.1, -0.05) is 30.3 Å². The third-order valence-corrected chi connectivity index (χ3v) is 8.52. The van der Waals surface area contributed by atoms with E-state index in [1.54, 1.807) is 30.3 Å². The Bertz CT molecular complexity index is 1050. The molecule has 1 heterocycles. The number of amides is 1. The molecular formula is C26H35N3O3S. The van der Waals surface area contributed by atoms with Crippen molar-refractivity contribution in [2.75, 3.05) is 31.1 Å². The second-order valence-electron chi connectivity index (χ2n) is 9.55. The number of rotatable bonds is 6. The van der Waals surface area contributed by atoms with E-state index in [0.29, 0.717) is 11.4 Å². The summed E-state index contributed by atoms with van der Waals surface area (Å²) in [5.74, 6) is 0.614. The van der Waals surface area contributed by atoms with Gasteiger partial charge in [-0.2, -0.15) is 0 Å². The van der Waals surface area contributed by atoms with Gasteiger partial charge in [0, 0.05) is 43.8 Å². The van der Waals surface area contributed by atoms with Gasteiger partial charge < -0.3 is 9.80 Å². The van der Waals surface area contributed by atoms with Crippen LogP contribution in [0.4, 0.5) is 5.69 Å². The minimum atomic E-state index is -3.47. The Balaban J connectivity index is 1.25. The van der Waals surface area contributed by atoms with Crippen molar-refractivity contribution >= 4 is 21.6 Å². The van der Waals surface area contributed by atoms with Crippen LogP contribution in [0.15, 0.2) is 59.5 Å². The molecule has 1 aliphatic heterocycles. The van der Waals surface area contributed by atoms with Gasteiger partial charge in [-0.15, -0.1) is 0 Å². The molecule has 0 radical (unpaired) electrons. The van der Waals surface area contributed by atoms with Gasteiger partial charge >= 0.3 is 0 Å². The number of sulfonamides is 1. The molecule has 2 fully saturated rings. The van der Waals surface area contributed by atoms with E-state index in [1.165, 1.54) is 11.3 Å². The average Bonchev–Trinajstić information content (AvgIpc) is 2.83. The number of carbonyl (C=O) groups is 1. The molecule has 1 aliphatic carbocycles. The molecule has 1 atom stereocenters. The van der Waals surface area contributed by atoms with E-state index in [1.807, 2.05) is 4.90 Å². The minimum Gasteiger partial charge on any atom is -0.365 e. The lowest BCUT2D eigenvalue weighted by Crippen LogP contribution is -2.55. The predicted molar refractivity (Wildman–Crippen MR) is 132 cm³/mol. The number of nitrogens with zero attached hydrogens (tertiary/aromatic N) is 2. The summed E-state index contributed by atoms with van der Waals surface area (Å²) in [5, 5.41) is 0. The largest absolute Gasteiger partial charge is 0.365 e. The Morgan fingerprint density at radius 3 is 2.39 bits per heavy atom. The average molecular weight is 470 g/mol. The highest BCUT2D eigenvalue weighted by Crippen LogP contribution is 2.31. The van der Waals surface area contributed by atoms with Crippen molar-refractivity contribution in [3.63, 3.8) is 0 Å². The molecule has 1 saturated heterocycles. The van der Waals surface area contributed by atoms with Gasteiger partial charge in [0.2, 0.25) is 15.9 Å². The number of piperazine rings is 1. The van der Waals surface area contributed by atoms with Crippen molar-refractivity contribution in [2.45, 2.75) is 50.5 Å². The van der Waals surface area contributed by atoms with Crippen LogP contribution in [0.5, 0.6) is 0 Å². The lowest BCUT2D eigenvalue weighted by atomic mass is 9.81. The van der Waals surface area contributed by atoms with Crippen molar-refractivity contribution in [3.05, 3.63) is 60.2 Å². The monoisotopic (exact) mass is 469 g/mol. The van der Waals surface area contributed by atoms with E-state index in [-0.39, 0.29) is 23.8 Å². The number of hydrogen-bond acceptors (Lipinski definition) is 4. The SMILES string of the molecule is Cc1cccc(N2CCN(C(=O)C3CCC(CNS(=O)(=O)c4ccccc4)CC3)CC2C)c1. The zero-order valence-corrected chi connectivity index (χ0v) is 20.4. The van der Waals surface area contributed by atoms with Gasteiger partial charge in [0.15, 0.2) is 0 Å². The number of benzene rings is 2. The third-order valence-electron chi connectivity index (χ3n) is 7.08. The Kier molecular flexibility index (Phi) is 7.39. The topological polar surface area (TPSA) is 69.7 Å². The molecule has 2 aromatic rings. The first-order valence-corrected chi connectivity index (χ1v) is 13.5. The Morgan fingerprint density at radius 2 is 1.73 bits per heavy atom. The summed E-state index contributed by atoms with van der Waals surface area (Å²) in [4.78, 5) is 17.9. The highest BCUT2D eigenvalue weighted by Gasteiger charge is 2.33. The molecule has 4 rings (SSSR count). The first-order valence-electron chi connectivity index (χ1n) is 12.0. The Morgan fingerprint density at radius 1 is 1.00 bits per heavy atom. The Labute approximate surface area is 198 Å². The second-order valence-corrected chi connectivity index (χ2v) is 11.3. The number of nitrogens with one attached hydrogen (secondary N) is 1. The normalized spacial score (nSPS) is 24.0. The van der Waals surface area contributed by atoms with Crippen LogP contribution in [-0.2, 0) is 14.8 Å². The second kappa shape index (κ2) is 10.3. The molecule has 33 heavy (non-hydrogen) atoms. The van der Waals surface area contributed by atoms with Crippen LogP contribution in [0.25, 0.3) is 0 Å². The molecule has 2 aromatic carbocycles. The molecule has 0 spiro atoms. The number of carbonyl (C=O) groups excluding carboxylic acids is 1. The molecule has 6 nitrogen and oxygen atoms in total. The van der Waals surface area contributed by atoms with E-state index >= 15 is 0 Å². The molecule has 0 bridgehead atoms. The number of anilines is 1. The molecule has 7 heteroatoms. The summed E-state index contributed by atoms with van der Waals surface area (Å²) in [5.41, 5.74) is 2.48. The molecule has 2 aliphatic rings. The minimum absolute atomic E-state index is 0.0599. The summed E-state index contributed by atoms with van der Waals surface area (Å²) in [6.45, 7) is 7.10. The van der Waals surface area contributed by atoms with E-state index in [0.717, 1.165) is 45.3 Å². The van der Waals surface area contributed by atoms with Crippen LogP contribution in [0, 0.1) is 18.8 Å². The molecular weight excluding hydrogens is 434 g/mol. The van der Waals surface area contributed by atoms with Gasteiger partial charge in [0.05, 0.1) is 4.90 Å². The fourth-order valence-corrected chi connectivity index (χ4v) is 6.27. The molecule has 1 amide bonds. The van der Waals surface area contributed by atoms with E-state index in [9.17, 15) is 13.2 Å². The summed E-state index contributed by atoms with van der Waals surface area (Å²) in [6.07, 6.45) is 3.44. The zero-order valence-electron chi connectivity index (χ0n) is 19.6. The zero-order chi connectivity index (χ0) is 23.4. The molecule has 1 unspecified atom stereocenters. The molecule has 1 saturated carbocycles. The van der Waals surface area contributed by atoms with Gasteiger partial charge in [0.25, 0.3) is 0 Å². The fraction of sp³-hybridized carbons (Fsp3) is 0.500. The van der Waals surface area contributed by atoms with E-state index < -0.39 is 10.0 Å². The highest BCUT2D eigenvalue weighted by molar-refractivity contribution is 7.89. The summed E-state index contributed by atoms with van der Waals surface area (Å²) >= 11 is 0. The van der Waals surface area contributed by atoms with Crippen LogP contribution in [-0.4, -0.2) is 51.4 Å². The van der Waals surface area contributed by atoms with Crippen LogP contribution in [0.1, 0.15) is 38.2 Å². The van der Waals surface area contributed by atoms with Gasteiger partial charge in [-0.05, 0) is 75.3 Å². The quantitative estimate of drug-likeness (QED) is 0.698. The van der Waals surface area contributed by atoms with Crippen LogP contribution < -0.4 is 9.62 Å². The van der Waals surface area contributed by atoms with Crippen molar-refractivity contribution in [2.24, 2.45) is 11.8 Å². The summed E-state index contributed by atoms with van der Waals surface area (Å²) in [7, 11) is -3.47. The smallest absolute Gasteiger partial charge is 0.240 e. The molecule has 178 valence electrons. The highest BCUT2D eigenvalue weighted by atomic mass is 32.2. The van der Waals surface area contributed by atoms with Gasteiger partial charge in [-0.25, -0.2) is 13.1 Å². The third kappa shape index (κ3) is 5.76. The molecule has 1 N–H and O–H groups in total. The van der Waals surface area contributed by atoms with Gasteiger partial charge in [0.1, 0.15) is 0 Å². The van der Waals surface area contributed by atoms with Crippen LogP contribution in [0.3, 0.4) is 0 Å². The maximum atomic E-state index is 13.2. The summed E-state index contributed by atoms with van der Waals surface area (Å²) in [6, 6.07) is 17.3. The van der Waals surface area contributed by atoms with Crippen molar-refractivity contribution in [1.82, 2.24) is 9.62 Å². The lowest BCUT2D eigenvalue weighted by molar-refractivity contribution is -0.137. The van der Waals surface area contributed by atoms with Crippen LogP contribution in [0.2, 0.25) is 0 Å². The maximum absolute atomic E-state index is 13.2. The number of hydrogen-bond donors (Lipinski definition) is 1. The van der Waals surface area contributed by atoms with Gasteiger partial charge in [-0.3, -0.25) is 4.79 Å². The summed E-state index contributed by atoms with van der Waals surface area (Å²) < 4.78 is 27.7. The van der Waals surface area contributed by atoms with Crippen molar-refractivity contribution in [3.8, 4) is 0 Å². The fourth-order valence-electron chi connectivity index (χ4n) is 5.13.